The number of hydrogen-bond donors (Lipinski definition) is 0. The summed E-state index contributed by atoms with van der Waals surface area (Å²) in [6.45, 7) is 2.80. The summed E-state index contributed by atoms with van der Waals surface area (Å²) in [5.41, 5.74) is 6.03. The van der Waals surface area contributed by atoms with Crippen LogP contribution in [0.2, 0.25) is 0 Å². The number of aryl methyl sites for hydroxylation is 1. The molecule has 0 saturated carbocycles. The van der Waals surface area contributed by atoms with E-state index in [9.17, 15) is 4.79 Å². The second-order valence-corrected chi connectivity index (χ2v) is 9.03. The predicted molar refractivity (Wildman–Crippen MR) is 129 cm³/mol. The number of nitrogens with zero attached hydrogens (tertiary/aromatic N) is 3. The summed E-state index contributed by atoms with van der Waals surface area (Å²) in [6.07, 6.45) is 6.00. The maximum absolute atomic E-state index is 13.4. The van der Waals surface area contributed by atoms with Gasteiger partial charge in [-0.3, -0.25) is 4.79 Å². The van der Waals surface area contributed by atoms with Gasteiger partial charge in [-0.1, -0.05) is 12.1 Å². The highest BCUT2D eigenvalue weighted by Gasteiger charge is 2.27. The van der Waals surface area contributed by atoms with Gasteiger partial charge in [0.25, 0.3) is 5.91 Å². The number of thioether (sulfide) groups is 1. The third-order valence-electron chi connectivity index (χ3n) is 5.93. The first-order valence-electron chi connectivity index (χ1n) is 10.8. The lowest BCUT2D eigenvalue weighted by molar-refractivity contribution is 0.0984. The predicted octanol–water partition coefficient (Wildman–Crippen LogP) is 5.54. The summed E-state index contributed by atoms with van der Waals surface area (Å²) in [7, 11) is 1.66. The molecule has 5 nitrogen and oxygen atoms in total. The van der Waals surface area contributed by atoms with E-state index in [2.05, 4.69) is 24.2 Å². The van der Waals surface area contributed by atoms with Crippen molar-refractivity contribution in [1.82, 2.24) is 9.38 Å². The van der Waals surface area contributed by atoms with Gasteiger partial charge < -0.3 is 14.0 Å². The van der Waals surface area contributed by atoms with Crippen molar-refractivity contribution in [1.29, 1.82) is 0 Å². The van der Waals surface area contributed by atoms with Crippen molar-refractivity contribution < 1.29 is 9.53 Å². The van der Waals surface area contributed by atoms with E-state index >= 15 is 0 Å². The zero-order chi connectivity index (χ0) is 22.1. The fraction of sp³-hybridized carbons (Fsp3) is 0.231. The molecular weight excluding hydrogens is 418 g/mol. The Kier molecular flexibility index (Phi) is 5.62. The number of fused-ring (bicyclic) bond motifs is 2. The maximum atomic E-state index is 13.4. The van der Waals surface area contributed by atoms with Crippen molar-refractivity contribution in [2.75, 3.05) is 18.6 Å². The second-order valence-electron chi connectivity index (χ2n) is 7.98. The minimum absolute atomic E-state index is 0.0201. The lowest BCUT2D eigenvalue weighted by Crippen LogP contribution is -2.36. The first kappa shape index (κ1) is 20.6. The first-order chi connectivity index (χ1) is 15.6. The molecule has 4 aromatic rings. The smallest absolute Gasteiger partial charge is 0.258 e. The van der Waals surface area contributed by atoms with Crippen LogP contribution in [-0.4, -0.2) is 28.9 Å². The van der Waals surface area contributed by atoms with Crippen LogP contribution in [0.15, 0.2) is 71.9 Å². The molecule has 0 fully saturated rings. The Balaban J connectivity index is 1.32. The van der Waals surface area contributed by atoms with Gasteiger partial charge in [0.15, 0.2) is 0 Å². The number of methoxy groups -OCH3 is 1. The van der Waals surface area contributed by atoms with E-state index in [1.807, 2.05) is 64.0 Å². The molecule has 0 unspecified atom stereocenters. The zero-order valence-electron chi connectivity index (χ0n) is 18.2. The van der Waals surface area contributed by atoms with Crippen molar-refractivity contribution in [2.24, 2.45) is 0 Å². The Morgan fingerprint density at radius 3 is 2.75 bits per heavy atom. The Morgan fingerprint density at radius 2 is 1.97 bits per heavy atom. The van der Waals surface area contributed by atoms with Crippen LogP contribution >= 0.6 is 11.8 Å². The van der Waals surface area contributed by atoms with E-state index < -0.39 is 0 Å². The lowest BCUT2D eigenvalue weighted by Gasteiger charge is -2.32. The molecule has 1 aliphatic rings. The van der Waals surface area contributed by atoms with Gasteiger partial charge in [-0.25, -0.2) is 4.98 Å². The topological polar surface area (TPSA) is 46.8 Å². The Labute approximate surface area is 192 Å². The number of amides is 1. The SMILES string of the molecule is COc1ccc(C)c2c1N(C(=O)c1ccc(SCc3cn4ccccc4n3)cc1)CCC2. The molecule has 32 heavy (non-hydrogen) atoms. The molecular formula is C26H25N3O2S. The number of imidazole rings is 1. The summed E-state index contributed by atoms with van der Waals surface area (Å²) in [4.78, 5) is 21.0. The maximum Gasteiger partial charge on any atom is 0.258 e. The lowest BCUT2D eigenvalue weighted by atomic mass is 9.95. The summed E-state index contributed by atoms with van der Waals surface area (Å²) in [6, 6.07) is 17.9. The number of carbonyl (C=O) groups is 1. The van der Waals surface area contributed by atoms with E-state index in [1.54, 1.807) is 18.9 Å². The van der Waals surface area contributed by atoms with Crippen LogP contribution in [0.3, 0.4) is 0 Å². The van der Waals surface area contributed by atoms with Gasteiger partial charge in [0, 0.05) is 35.2 Å². The van der Waals surface area contributed by atoms with Gasteiger partial charge >= 0.3 is 0 Å². The molecule has 0 N–H and O–H groups in total. The average Bonchev–Trinajstić information content (AvgIpc) is 3.26. The van der Waals surface area contributed by atoms with Gasteiger partial charge in [0.1, 0.15) is 11.4 Å². The fourth-order valence-corrected chi connectivity index (χ4v) is 5.07. The molecule has 1 aliphatic heterocycles. The molecule has 0 radical (unpaired) electrons. The van der Waals surface area contributed by atoms with Gasteiger partial charge in [-0.2, -0.15) is 0 Å². The number of aromatic nitrogens is 2. The molecule has 2 aromatic heterocycles. The number of carbonyl (C=O) groups excluding carboxylic acids is 1. The average molecular weight is 444 g/mol. The molecule has 0 spiro atoms. The number of hydrogen-bond acceptors (Lipinski definition) is 4. The molecule has 0 saturated heterocycles. The zero-order valence-corrected chi connectivity index (χ0v) is 19.1. The largest absolute Gasteiger partial charge is 0.495 e. The van der Waals surface area contributed by atoms with Crippen LogP contribution in [-0.2, 0) is 12.2 Å². The van der Waals surface area contributed by atoms with Gasteiger partial charge in [0.05, 0.1) is 18.5 Å². The van der Waals surface area contributed by atoms with Crippen LogP contribution in [0.4, 0.5) is 5.69 Å². The highest BCUT2D eigenvalue weighted by atomic mass is 32.2. The summed E-state index contributed by atoms with van der Waals surface area (Å²) >= 11 is 1.72. The molecule has 0 aliphatic carbocycles. The molecule has 0 bridgehead atoms. The summed E-state index contributed by atoms with van der Waals surface area (Å²) in [5.74, 6) is 1.57. The number of ether oxygens (including phenoxy) is 1. The Hall–Kier alpha value is -3.25. The number of rotatable bonds is 5. The van der Waals surface area contributed by atoms with E-state index in [4.69, 9.17) is 4.74 Å². The molecule has 162 valence electrons. The van der Waals surface area contributed by atoms with Crippen molar-refractivity contribution in [3.05, 3.63) is 89.4 Å². The summed E-state index contributed by atoms with van der Waals surface area (Å²) < 4.78 is 7.63. The normalized spacial score (nSPS) is 13.2. The second kappa shape index (κ2) is 8.71. The number of benzene rings is 2. The van der Waals surface area contributed by atoms with E-state index in [0.717, 1.165) is 46.3 Å². The van der Waals surface area contributed by atoms with E-state index in [1.165, 1.54) is 11.1 Å². The van der Waals surface area contributed by atoms with Crippen molar-refractivity contribution in [2.45, 2.75) is 30.4 Å². The van der Waals surface area contributed by atoms with E-state index in [0.29, 0.717) is 12.1 Å². The Bertz CT molecular complexity index is 1250. The highest BCUT2D eigenvalue weighted by Crippen LogP contribution is 2.39. The van der Waals surface area contributed by atoms with Crippen LogP contribution in [0.25, 0.3) is 5.65 Å². The number of anilines is 1. The first-order valence-corrected chi connectivity index (χ1v) is 11.8. The molecule has 0 atom stereocenters. The van der Waals surface area contributed by atoms with Crippen molar-refractivity contribution in [3.8, 4) is 5.75 Å². The van der Waals surface area contributed by atoms with Crippen LogP contribution in [0, 0.1) is 6.92 Å². The minimum atomic E-state index is 0.0201. The third kappa shape index (κ3) is 3.86. The number of pyridine rings is 1. The van der Waals surface area contributed by atoms with Crippen LogP contribution in [0.1, 0.15) is 33.6 Å². The van der Waals surface area contributed by atoms with E-state index in [-0.39, 0.29) is 5.91 Å². The fourth-order valence-electron chi connectivity index (χ4n) is 4.28. The highest BCUT2D eigenvalue weighted by molar-refractivity contribution is 7.98. The Morgan fingerprint density at radius 1 is 1.12 bits per heavy atom. The van der Waals surface area contributed by atoms with Crippen LogP contribution < -0.4 is 9.64 Å². The van der Waals surface area contributed by atoms with Crippen LogP contribution in [0.5, 0.6) is 5.75 Å². The third-order valence-corrected chi connectivity index (χ3v) is 6.97. The minimum Gasteiger partial charge on any atom is -0.495 e. The van der Waals surface area contributed by atoms with Gasteiger partial charge in [-0.05, 0) is 73.4 Å². The quantitative estimate of drug-likeness (QED) is 0.380. The summed E-state index contributed by atoms with van der Waals surface area (Å²) in [5, 5.41) is 0. The molecule has 1 amide bonds. The molecule has 3 heterocycles. The molecule has 5 rings (SSSR count). The standard InChI is InChI=1S/C26H25N3O2S/c1-18-8-13-23(31-2)25-22(18)6-5-15-29(25)26(30)19-9-11-21(12-10-19)32-17-20-16-28-14-4-3-7-24(28)27-20/h3-4,7-14,16H,5-6,15,17H2,1-2H3. The molecule has 6 heteroatoms. The van der Waals surface area contributed by atoms with Gasteiger partial charge in [-0.15, -0.1) is 11.8 Å². The monoisotopic (exact) mass is 443 g/mol. The molecule has 2 aromatic carbocycles. The van der Waals surface area contributed by atoms with Crippen molar-refractivity contribution in [3.63, 3.8) is 0 Å². The van der Waals surface area contributed by atoms with Crippen molar-refractivity contribution >= 4 is 29.0 Å². The van der Waals surface area contributed by atoms with Gasteiger partial charge in [0.2, 0.25) is 0 Å².